The van der Waals surface area contributed by atoms with E-state index in [1.165, 1.54) is 61.1 Å². The van der Waals surface area contributed by atoms with Crippen LogP contribution < -0.4 is 61.1 Å². The van der Waals surface area contributed by atoms with Gasteiger partial charge in [0.25, 0.3) is 0 Å². The van der Waals surface area contributed by atoms with Gasteiger partial charge in [0.05, 0.1) is 23.8 Å². The van der Waals surface area contributed by atoms with Gasteiger partial charge in [-0.2, -0.15) is 0 Å². The summed E-state index contributed by atoms with van der Waals surface area (Å²) in [5.74, 6) is 0. The molecule has 1 radical (unpaired) electrons. The van der Waals surface area contributed by atoms with E-state index >= 15 is 0 Å². The molecule has 0 spiro atoms. The predicted molar refractivity (Wildman–Crippen MR) is 366 cm³/mol. The van der Waals surface area contributed by atoms with Crippen LogP contribution in [0.5, 0.6) is 0 Å². The third-order valence-electron chi connectivity index (χ3n) is 11.8. The van der Waals surface area contributed by atoms with Crippen molar-refractivity contribution in [1.82, 2.24) is 0 Å². The molecule has 0 aromatic heterocycles. The summed E-state index contributed by atoms with van der Waals surface area (Å²) in [4.78, 5) is 0. The smallest absolute Gasteiger partial charge is 0.0620 e. The summed E-state index contributed by atoms with van der Waals surface area (Å²) in [5, 5.41) is 12.9. The molecule has 0 aliphatic carbocycles. The average molecular weight is 1660 g/mol. The van der Waals surface area contributed by atoms with Crippen LogP contribution in [0.4, 0.5) is 0 Å². The molecule has 0 aliphatic rings. The van der Waals surface area contributed by atoms with Gasteiger partial charge in [-0.05, 0) is 109 Å². The van der Waals surface area contributed by atoms with E-state index in [0.717, 1.165) is 0 Å². The van der Waals surface area contributed by atoms with Crippen molar-refractivity contribution in [2.75, 3.05) is 0 Å². The molecular weight excluding hydrogens is 1590 g/mol. The van der Waals surface area contributed by atoms with E-state index in [-0.39, 0.29) is 78.3 Å². The van der Waals surface area contributed by atoms with Gasteiger partial charge in [0.15, 0.2) is 0 Å². The van der Waals surface area contributed by atoms with Gasteiger partial charge in [0.2, 0.25) is 0 Å². The van der Waals surface area contributed by atoms with Crippen LogP contribution >= 0.6 is 23.8 Å². The Morgan fingerprint density at radius 2 is 0.232 bits per heavy atom. The number of hydrogen-bond donors (Lipinski definition) is 0. The van der Waals surface area contributed by atoms with Crippen molar-refractivity contribution >= 4 is 150 Å². The average Bonchev–Trinajstić information content (AvgIpc) is 3.59. The molecule has 0 saturated carbocycles. The van der Waals surface area contributed by atoms with Crippen LogP contribution in [-0.4, -0.2) is 65.1 Å². The normalized spacial score (nSPS) is 9.59. The number of benzene rings is 12. The van der Waals surface area contributed by atoms with E-state index < -0.39 is 23.8 Å². The molecule has 12 aromatic rings. The molecule has 0 fully saturated rings. The Kier molecular flexibility index (Phi) is 38.4. The van der Waals surface area contributed by atoms with Crippen LogP contribution in [0.2, 0.25) is 0 Å². The summed E-state index contributed by atoms with van der Waals surface area (Å²) < 4.78 is 3.78. The molecule has 0 heterocycles. The second-order valence-electron chi connectivity index (χ2n) is 17.4. The van der Waals surface area contributed by atoms with Crippen molar-refractivity contribution in [3.8, 4) is 0 Å². The van der Waals surface area contributed by atoms with E-state index in [1.807, 2.05) is 54.6 Å². The first-order chi connectivity index (χ1) is 38.5. The molecule has 0 unspecified atom stereocenters. The summed E-state index contributed by atoms with van der Waals surface area (Å²) in [6, 6.07) is 128. The maximum Gasteiger partial charge on any atom is 0.102 e. The van der Waals surface area contributed by atoms with Crippen molar-refractivity contribution in [2.24, 2.45) is 0 Å². The topological polar surface area (TPSA) is 0 Å². The van der Waals surface area contributed by atoms with E-state index in [4.69, 9.17) is 0 Å². The van der Waals surface area contributed by atoms with Crippen molar-refractivity contribution in [1.29, 1.82) is 0 Å². The van der Waals surface area contributed by atoms with Crippen LogP contribution in [0.3, 0.4) is 0 Å². The minimum Gasteiger partial charge on any atom is -0.0620 e. The van der Waals surface area contributed by atoms with Crippen LogP contribution in [0.15, 0.2) is 364 Å². The van der Waals surface area contributed by atoms with Gasteiger partial charge in [-0.1, -0.05) is 164 Å². The van der Waals surface area contributed by atoms with E-state index in [1.54, 1.807) is 0 Å². The van der Waals surface area contributed by atoms with Gasteiger partial charge in [-0.25, -0.2) is 0 Å². The quantitative estimate of drug-likeness (QED) is 0.1000. The molecule has 0 amide bonds. The SMILES string of the molecule is [Pd].[Pd].[Pd].[SeH].[SeH]c1ccccc1.[SeH]c1ccccc1.[SeH]c1ccccc1.c1ccc([PH+](c2ccccc2)c2ccccc2)cc1.c1ccc([PH+](c2ccccc2)c2ccccc2)cc1.c1ccc([PH+](c2ccccc2)c2ccccc2)cc1. The van der Waals surface area contributed by atoms with Gasteiger partial charge in [-0.3, -0.25) is 0 Å². The molecule has 421 valence electrons. The molecule has 0 atom stereocenters. The third kappa shape index (κ3) is 26.1. The van der Waals surface area contributed by atoms with Crippen LogP contribution in [0.25, 0.3) is 0 Å². The molecule has 0 aliphatic heterocycles. The first-order valence-electron chi connectivity index (χ1n) is 25.8. The largest absolute Gasteiger partial charge is 0.102 e. The van der Waals surface area contributed by atoms with Crippen LogP contribution in [-0.2, 0) is 61.3 Å². The van der Waals surface area contributed by atoms with Crippen LogP contribution in [0, 0.1) is 0 Å². The maximum absolute atomic E-state index is 2.49. The zero-order valence-electron chi connectivity index (χ0n) is 44.9. The summed E-state index contributed by atoms with van der Waals surface area (Å²) in [7, 11) is -2.63. The van der Waals surface area contributed by atoms with Gasteiger partial charge < -0.3 is 0 Å². The summed E-state index contributed by atoms with van der Waals surface area (Å²) in [6.07, 6.45) is 0. The fraction of sp³-hybridized carbons (Fsp3) is 0. The van der Waals surface area contributed by atoms with Crippen LogP contribution in [0.1, 0.15) is 0 Å². The van der Waals surface area contributed by atoms with Gasteiger partial charge >= 0.3 is 169 Å². The molecular formula is C72H67P3Pd3Se4+3. The second kappa shape index (κ2) is 43.6. The monoisotopic (exact) mass is 1660 g/mol. The molecule has 0 nitrogen and oxygen atoms in total. The molecule has 12 aromatic carbocycles. The van der Waals surface area contributed by atoms with Gasteiger partial charge in [0.1, 0.15) is 47.7 Å². The molecule has 0 bridgehead atoms. The molecule has 0 N–H and O–H groups in total. The Bertz CT molecular complexity index is 2750. The fourth-order valence-corrected chi connectivity index (χ4v) is 17.0. The fourth-order valence-electron chi connectivity index (χ4n) is 8.23. The zero-order chi connectivity index (χ0) is 54.1. The van der Waals surface area contributed by atoms with E-state index in [9.17, 15) is 0 Å². The molecule has 82 heavy (non-hydrogen) atoms. The molecule has 10 heteroatoms. The van der Waals surface area contributed by atoms with Crippen molar-refractivity contribution < 1.29 is 61.3 Å². The van der Waals surface area contributed by atoms with Crippen molar-refractivity contribution in [2.45, 2.75) is 0 Å². The van der Waals surface area contributed by atoms with Gasteiger partial charge in [-0.15, -0.1) is 0 Å². The Morgan fingerprint density at radius 3 is 0.305 bits per heavy atom. The van der Waals surface area contributed by atoms with Crippen molar-refractivity contribution in [3.63, 3.8) is 0 Å². The first-order valence-corrected chi connectivity index (χ1v) is 33.2. The summed E-state index contributed by atoms with van der Waals surface area (Å²) >= 11 is 7.48. The van der Waals surface area contributed by atoms with E-state index in [0.29, 0.717) is 0 Å². The second-order valence-corrected chi connectivity index (χ2v) is 28.1. The third-order valence-corrected chi connectivity index (χ3v) is 21.9. The first kappa shape index (κ1) is 72.3. The Labute approximate surface area is 568 Å². The Balaban J connectivity index is 0.000000269. The molecule has 12 rings (SSSR count). The number of hydrogen-bond acceptors (Lipinski definition) is 0. The maximum atomic E-state index is 2.49. The minimum atomic E-state index is -0.877. The minimum absolute atomic E-state index is 0. The van der Waals surface area contributed by atoms with Gasteiger partial charge in [0, 0.05) is 61.3 Å². The summed E-state index contributed by atoms with van der Waals surface area (Å²) in [5.41, 5.74) is 0. The van der Waals surface area contributed by atoms with Crippen molar-refractivity contribution in [3.05, 3.63) is 364 Å². The van der Waals surface area contributed by atoms with E-state index in [2.05, 4.69) is 357 Å². The molecule has 0 saturated heterocycles. The standard InChI is InChI=1S/3C18H15P.3C6H6Se.3Pd.HSe/c3*1-4-10-16(11-5-1)19(17-12-6-2-7-13-17)18-14-8-3-9-15-18;3*7-6-4-2-1-3-5-6;;;;/h3*1-15H;3*1-5,7H;;;;1H/p+3. The zero-order valence-corrected chi connectivity index (χ0v) is 60.0. The Hall–Kier alpha value is -4.01. The summed E-state index contributed by atoms with van der Waals surface area (Å²) in [6.45, 7) is 0. The predicted octanol–water partition coefficient (Wildman–Crippen LogP) is 9.51. The number of rotatable bonds is 9. The Morgan fingerprint density at radius 1 is 0.146 bits per heavy atom.